The van der Waals surface area contributed by atoms with E-state index in [9.17, 15) is 0 Å². The van der Waals surface area contributed by atoms with Gasteiger partial charge >= 0.3 is 0 Å². The van der Waals surface area contributed by atoms with Crippen molar-refractivity contribution in [1.82, 2.24) is 4.98 Å². The SMILES string of the molecule is CNc1n[c]ccc1OC. The van der Waals surface area contributed by atoms with Gasteiger partial charge in [0, 0.05) is 7.05 Å². The van der Waals surface area contributed by atoms with Crippen LogP contribution in [0.5, 0.6) is 5.75 Å². The van der Waals surface area contributed by atoms with E-state index in [1.807, 2.05) is 0 Å². The number of anilines is 1. The highest BCUT2D eigenvalue weighted by atomic mass is 16.5. The molecule has 0 aromatic carbocycles. The van der Waals surface area contributed by atoms with Gasteiger partial charge in [0.15, 0.2) is 11.6 Å². The predicted molar refractivity (Wildman–Crippen MR) is 39.2 cm³/mol. The Morgan fingerprint density at radius 3 is 3.00 bits per heavy atom. The normalized spacial score (nSPS) is 9.00. The number of hydrogen-bond donors (Lipinski definition) is 1. The summed E-state index contributed by atoms with van der Waals surface area (Å²) in [5.74, 6) is 1.45. The Labute approximate surface area is 60.0 Å². The van der Waals surface area contributed by atoms with E-state index in [1.165, 1.54) is 0 Å². The van der Waals surface area contributed by atoms with Gasteiger partial charge in [0.2, 0.25) is 0 Å². The van der Waals surface area contributed by atoms with E-state index in [4.69, 9.17) is 4.74 Å². The second-order valence-electron chi connectivity index (χ2n) is 1.74. The molecule has 0 spiro atoms. The van der Waals surface area contributed by atoms with E-state index in [0.717, 1.165) is 5.75 Å². The molecule has 53 valence electrons. The highest BCUT2D eigenvalue weighted by molar-refractivity contribution is 5.48. The molecular formula is C7H9N2O. The molecule has 1 rings (SSSR count). The first-order valence-corrected chi connectivity index (χ1v) is 2.97. The van der Waals surface area contributed by atoms with Crippen LogP contribution in [0.2, 0.25) is 0 Å². The number of hydrogen-bond acceptors (Lipinski definition) is 3. The van der Waals surface area contributed by atoms with Gasteiger partial charge in [-0.25, -0.2) is 4.98 Å². The zero-order chi connectivity index (χ0) is 7.40. The van der Waals surface area contributed by atoms with Gasteiger partial charge in [-0.1, -0.05) is 0 Å². The van der Waals surface area contributed by atoms with Gasteiger partial charge in [-0.15, -0.1) is 0 Å². The minimum Gasteiger partial charge on any atom is -0.493 e. The molecule has 0 aliphatic carbocycles. The third-order valence-corrected chi connectivity index (χ3v) is 1.18. The molecule has 0 atom stereocenters. The van der Waals surface area contributed by atoms with Crippen LogP contribution in [0.1, 0.15) is 0 Å². The molecule has 0 fully saturated rings. The van der Waals surface area contributed by atoms with E-state index in [1.54, 1.807) is 26.3 Å². The number of nitrogens with zero attached hydrogens (tertiary/aromatic N) is 1. The van der Waals surface area contributed by atoms with Gasteiger partial charge in [0.05, 0.1) is 13.3 Å². The van der Waals surface area contributed by atoms with Crippen molar-refractivity contribution in [1.29, 1.82) is 0 Å². The summed E-state index contributed by atoms with van der Waals surface area (Å²) in [5, 5.41) is 2.88. The highest BCUT2D eigenvalue weighted by Crippen LogP contribution is 2.18. The first-order valence-electron chi connectivity index (χ1n) is 2.97. The van der Waals surface area contributed by atoms with E-state index in [2.05, 4.69) is 16.5 Å². The summed E-state index contributed by atoms with van der Waals surface area (Å²) < 4.78 is 4.99. The molecular weight excluding hydrogens is 128 g/mol. The number of aromatic nitrogens is 1. The maximum Gasteiger partial charge on any atom is 0.169 e. The van der Waals surface area contributed by atoms with Gasteiger partial charge < -0.3 is 10.1 Å². The third-order valence-electron chi connectivity index (χ3n) is 1.18. The van der Waals surface area contributed by atoms with Crippen molar-refractivity contribution >= 4 is 5.82 Å². The summed E-state index contributed by atoms with van der Waals surface area (Å²) >= 11 is 0. The molecule has 1 radical (unpaired) electrons. The van der Waals surface area contributed by atoms with E-state index < -0.39 is 0 Å². The highest BCUT2D eigenvalue weighted by Gasteiger charge is 1.97. The standard InChI is InChI=1S/C7H9N2O/c1-8-7-6(10-2)4-3-5-9-7/h3-4H,1-2H3,(H,8,9). The summed E-state index contributed by atoms with van der Waals surface area (Å²) in [6.07, 6.45) is 2.69. The molecule has 0 bridgehead atoms. The fourth-order valence-electron chi connectivity index (χ4n) is 0.693. The molecule has 1 heterocycles. The van der Waals surface area contributed by atoms with Crippen LogP contribution >= 0.6 is 0 Å². The molecule has 10 heavy (non-hydrogen) atoms. The van der Waals surface area contributed by atoms with Crippen molar-refractivity contribution < 1.29 is 4.74 Å². The molecule has 0 unspecified atom stereocenters. The fraction of sp³-hybridized carbons (Fsp3) is 0.286. The van der Waals surface area contributed by atoms with Crippen LogP contribution in [0, 0.1) is 6.20 Å². The monoisotopic (exact) mass is 137 g/mol. The Bertz CT molecular complexity index is 190. The molecule has 0 aliphatic rings. The molecule has 1 N–H and O–H groups in total. The molecule has 0 saturated carbocycles. The fourth-order valence-corrected chi connectivity index (χ4v) is 0.693. The Hall–Kier alpha value is -1.25. The lowest BCUT2D eigenvalue weighted by Crippen LogP contribution is -1.95. The minimum absolute atomic E-state index is 0.713. The lowest BCUT2D eigenvalue weighted by molar-refractivity contribution is 0.415. The largest absolute Gasteiger partial charge is 0.493 e. The zero-order valence-electron chi connectivity index (χ0n) is 6.01. The van der Waals surface area contributed by atoms with Gasteiger partial charge in [-0.3, -0.25) is 0 Å². The van der Waals surface area contributed by atoms with E-state index in [-0.39, 0.29) is 0 Å². The summed E-state index contributed by atoms with van der Waals surface area (Å²) in [4.78, 5) is 3.91. The average Bonchev–Trinajstić information content (AvgIpc) is 2.04. The van der Waals surface area contributed by atoms with Crippen molar-refractivity contribution in [3.63, 3.8) is 0 Å². The summed E-state index contributed by atoms with van der Waals surface area (Å²) in [6, 6.07) is 3.51. The van der Waals surface area contributed by atoms with Crippen molar-refractivity contribution in [2.24, 2.45) is 0 Å². The molecule has 0 amide bonds. The topological polar surface area (TPSA) is 34.2 Å². The van der Waals surface area contributed by atoms with Gasteiger partial charge in [-0.05, 0) is 12.1 Å². The molecule has 0 aliphatic heterocycles. The maximum atomic E-state index is 4.99. The van der Waals surface area contributed by atoms with Gasteiger partial charge in [-0.2, -0.15) is 0 Å². The van der Waals surface area contributed by atoms with Crippen molar-refractivity contribution in [3.8, 4) is 5.75 Å². The molecule has 1 aromatic heterocycles. The number of nitrogens with one attached hydrogen (secondary N) is 1. The smallest absolute Gasteiger partial charge is 0.169 e. The number of rotatable bonds is 2. The van der Waals surface area contributed by atoms with Crippen molar-refractivity contribution in [3.05, 3.63) is 18.3 Å². The Morgan fingerprint density at radius 2 is 2.50 bits per heavy atom. The second kappa shape index (κ2) is 3.06. The van der Waals surface area contributed by atoms with Crippen molar-refractivity contribution in [2.45, 2.75) is 0 Å². The molecule has 3 heteroatoms. The quantitative estimate of drug-likeness (QED) is 0.658. The minimum atomic E-state index is 0.713. The summed E-state index contributed by atoms with van der Waals surface area (Å²) in [5.41, 5.74) is 0. The number of ether oxygens (including phenoxy) is 1. The second-order valence-corrected chi connectivity index (χ2v) is 1.74. The Balaban J connectivity index is 2.96. The van der Waals surface area contributed by atoms with Crippen molar-refractivity contribution in [2.75, 3.05) is 19.5 Å². The lowest BCUT2D eigenvalue weighted by atomic mass is 10.4. The number of methoxy groups -OCH3 is 1. The van der Waals surface area contributed by atoms with E-state index in [0.29, 0.717) is 5.82 Å². The molecule has 3 nitrogen and oxygen atoms in total. The lowest BCUT2D eigenvalue weighted by Gasteiger charge is -2.03. The van der Waals surface area contributed by atoms with Crippen LogP contribution in [0.4, 0.5) is 5.82 Å². The summed E-state index contributed by atoms with van der Waals surface area (Å²) in [6.45, 7) is 0. The molecule has 1 aromatic rings. The first kappa shape index (κ1) is 6.86. The average molecular weight is 137 g/mol. The van der Waals surface area contributed by atoms with Crippen LogP contribution < -0.4 is 10.1 Å². The van der Waals surface area contributed by atoms with E-state index >= 15 is 0 Å². The Kier molecular flexibility index (Phi) is 2.10. The van der Waals surface area contributed by atoms with Crippen LogP contribution in [-0.4, -0.2) is 19.1 Å². The van der Waals surface area contributed by atoms with Gasteiger partial charge in [0.25, 0.3) is 0 Å². The van der Waals surface area contributed by atoms with Crippen LogP contribution in [-0.2, 0) is 0 Å². The van der Waals surface area contributed by atoms with Gasteiger partial charge in [0.1, 0.15) is 0 Å². The maximum absolute atomic E-state index is 4.99. The van der Waals surface area contributed by atoms with Crippen LogP contribution in [0.3, 0.4) is 0 Å². The first-order chi connectivity index (χ1) is 4.88. The zero-order valence-corrected chi connectivity index (χ0v) is 6.01. The third kappa shape index (κ3) is 1.18. The number of pyridine rings is 1. The molecule has 0 saturated heterocycles. The predicted octanol–water partition coefficient (Wildman–Crippen LogP) is 0.932. The Morgan fingerprint density at radius 1 is 1.70 bits per heavy atom. The van der Waals surface area contributed by atoms with Crippen LogP contribution in [0.15, 0.2) is 12.1 Å². The van der Waals surface area contributed by atoms with Crippen LogP contribution in [0.25, 0.3) is 0 Å². The summed E-state index contributed by atoms with van der Waals surface area (Å²) in [7, 11) is 3.40.